The topological polar surface area (TPSA) is 29.5 Å². The molecule has 0 aliphatic heterocycles. The summed E-state index contributed by atoms with van der Waals surface area (Å²) in [5.74, 6) is 0.826. The Labute approximate surface area is 88.7 Å². The molecule has 0 amide bonds. The lowest BCUT2D eigenvalue weighted by molar-refractivity contribution is 0.0563. The highest BCUT2D eigenvalue weighted by molar-refractivity contribution is 4.53. The van der Waals surface area contributed by atoms with Gasteiger partial charge in [-0.05, 0) is 19.3 Å². The molecule has 0 aromatic rings. The van der Waals surface area contributed by atoms with Crippen LogP contribution >= 0.6 is 0 Å². The van der Waals surface area contributed by atoms with E-state index in [2.05, 4.69) is 20.8 Å². The minimum atomic E-state index is -0.573. The Morgan fingerprint density at radius 1 is 1.14 bits per heavy atom. The smallest absolute Gasteiger partial charge is 0.0774 e. The molecule has 1 radical (unpaired) electrons. The number of unbranched alkanes of at least 4 members (excludes halogenated alkanes) is 3. The fraction of sp³-hybridized carbons (Fsp3) is 0.917. The maximum absolute atomic E-state index is 8.82. The predicted octanol–water partition coefficient (Wildman–Crippen LogP) is 2.80. The van der Waals surface area contributed by atoms with Crippen LogP contribution in [-0.4, -0.2) is 24.4 Å². The summed E-state index contributed by atoms with van der Waals surface area (Å²) in [5, 5.41) is 8.82. The Bertz CT molecular complexity index is 96.9. The molecule has 14 heavy (non-hydrogen) atoms. The first-order chi connectivity index (χ1) is 6.63. The SMILES string of the molecule is [CH2]C(O)COCCCCCCC(C)C. The lowest BCUT2D eigenvalue weighted by Crippen LogP contribution is -2.11. The standard InChI is InChI=1S/C12H25O2/c1-11(2)8-6-4-5-7-9-14-10-12(3)13/h11-13H,3-10H2,1-2H3. The zero-order valence-corrected chi connectivity index (χ0v) is 9.67. The fourth-order valence-electron chi connectivity index (χ4n) is 1.33. The van der Waals surface area contributed by atoms with Gasteiger partial charge in [0.15, 0.2) is 0 Å². The summed E-state index contributed by atoms with van der Waals surface area (Å²) in [5.41, 5.74) is 0. The van der Waals surface area contributed by atoms with Gasteiger partial charge in [-0.2, -0.15) is 0 Å². The molecule has 0 saturated heterocycles. The van der Waals surface area contributed by atoms with Crippen LogP contribution in [0, 0.1) is 12.8 Å². The Hall–Kier alpha value is -0.0800. The van der Waals surface area contributed by atoms with E-state index in [1.807, 2.05) is 0 Å². The number of hydrogen-bond acceptors (Lipinski definition) is 2. The minimum Gasteiger partial charge on any atom is -0.391 e. The van der Waals surface area contributed by atoms with Gasteiger partial charge in [0.25, 0.3) is 0 Å². The van der Waals surface area contributed by atoms with Gasteiger partial charge in [0, 0.05) is 6.61 Å². The van der Waals surface area contributed by atoms with E-state index < -0.39 is 6.10 Å². The largest absolute Gasteiger partial charge is 0.391 e. The lowest BCUT2D eigenvalue weighted by atomic mass is 10.0. The molecular weight excluding hydrogens is 176 g/mol. The van der Waals surface area contributed by atoms with Crippen molar-refractivity contribution in [1.29, 1.82) is 0 Å². The third kappa shape index (κ3) is 11.9. The van der Waals surface area contributed by atoms with Crippen LogP contribution in [0.4, 0.5) is 0 Å². The highest BCUT2D eigenvalue weighted by Crippen LogP contribution is 2.09. The number of ether oxygens (including phenoxy) is 1. The fourth-order valence-corrected chi connectivity index (χ4v) is 1.33. The monoisotopic (exact) mass is 201 g/mol. The van der Waals surface area contributed by atoms with Gasteiger partial charge in [0.1, 0.15) is 0 Å². The first kappa shape index (κ1) is 13.9. The normalized spacial score (nSPS) is 13.5. The molecule has 0 fully saturated rings. The molecule has 2 nitrogen and oxygen atoms in total. The Balaban J connectivity index is 2.92. The Morgan fingerprint density at radius 3 is 2.36 bits per heavy atom. The van der Waals surface area contributed by atoms with Gasteiger partial charge in [0.05, 0.1) is 12.7 Å². The molecule has 0 bridgehead atoms. The molecule has 2 heteroatoms. The van der Waals surface area contributed by atoms with Gasteiger partial charge in [-0.1, -0.05) is 39.5 Å². The van der Waals surface area contributed by atoms with Crippen molar-refractivity contribution in [2.45, 2.75) is 52.1 Å². The van der Waals surface area contributed by atoms with E-state index >= 15 is 0 Å². The molecule has 1 atom stereocenters. The van der Waals surface area contributed by atoms with Gasteiger partial charge in [0.2, 0.25) is 0 Å². The van der Waals surface area contributed by atoms with Crippen LogP contribution in [0.1, 0.15) is 46.0 Å². The van der Waals surface area contributed by atoms with Crippen LogP contribution in [0.3, 0.4) is 0 Å². The lowest BCUT2D eigenvalue weighted by Gasteiger charge is -2.06. The van der Waals surface area contributed by atoms with Gasteiger partial charge in [-0.25, -0.2) is 0 Å². The summed E-state index contributed by atoms with van der Waals surface area (Å²) in [6, 6.07) is 0. The summed E-state index contributed by atoms with van der Waals surface area (Å²) in [7, 11) is 0. The van der Waals surface area contributed by atoms with Crippen LogP contribution in [0.15, 0.2) is 0 Å². The molecule has 0 aliphatic carbocycles. The van der Waals surface area contributed by atoms with Gasteiger partial charge in [-0.15, -0.1) is 0 Å². The van der Waals surface area contributed by atoms with Crippen molar-refractivity contribution >= 4 is 0 Å². The van der Waals surface area contributed by atoms with Crippen molar-refractivity contribution in [3.63, 3.8) is 0 Å². The van der Waals surface area contributed by atoms with E-state index in [1.54, 1.807) is 0 Å². The third-order valence-electron chi connectivity index (χ3n) is 2.13. The van der Waals surface area contributed by atoms with E-state index in [9.17, 15) is 0 Å². The van der Waals surface area contributed by atoms with Crippen molar-refractivity contribution in [2.24, 2.45) is 5.92 Å². The van der Waals surface area contributed by atoms with E-state index in [1.165, 1.54) is 25.7 Å². The van der Waals surface area contributed by atoms with E-state index in [-0.39, 0.29) is 0 Å². The van der Waals surface area contributed by atoms with Crippen LogP contribution in [-0.2, 0) is 4.74 Å². The number of aliphatic hydroxyl groups is 1. The molecule has 0 heterocycles. The van der Waals surface area contributed by atoms with Crippen molar-refractivity contribution < 1.29 is 9.84 Å². The second-order valence-electron chi connectivity index (χ2n) is 4.33. The highest BCUT2D eigenvalue weighted by Gasteiger charge is 1.96. The number of rotatable bonds is 9. The minimum absolute atomic E-state index is 0.367. The first-order valence-corrected chi connectivity index (χ1v) is 5.71. The van der Waals surface area contributed by atoms with Gasteiger partial charge >= 0.3 is 0 Å². The van der Waals surface area contributed by atoms with Crippen molar-refractivity contribution in [3.8, 4) is 0 Å². The van der Waals surface area contributed by atoms with Crippen LogP contribution in [0.5, 0.6) is 0 Å². The molecule has 0 aromatic carbocycles. The number of aliphatic hydroxyl groups excluding tert-OH is 1. The molecule has 0 rings (SSSR count). The van der Waals surface area contributed by atoms with E-state index in [0.29, 0.717) is 6.61 Å². The van der Waals surface area contributed by atoms with E-state index in [0.717, 1.165) is 18.9 Å². The molecule has 1 N–H and O–H groups in total. The van der Waals surface area contributed by atoms with Crippen LogP contribution < -0.4 is 0 Å². The second-order valence-corrected chi connectivity index (χ2v) is 4.33. The maximum Gasteiger partial charge on any atom is 0.0774 e. The molecule has 0 spiro atoms. The van der Waals surface area contributed by atoms with Crippen molar-refractivity contribution in [2.75, 3.05) is 13.2 Å². The molecule has 0 aliphatic rings. The average Bonchev–Trinajstić information content (AvgIpc) is 2.08. The second kappa shape index (κ2) is 9.47. The van der Waals surface area contributed by atoms with Crippen molar-refractivity contribution in [1.82, 2.24) is 0 Å². The quantitative estimate of drug-likeness (QED) is 0.581. The zero-order valence-electron chi connectivity index (χ0n) is 9.67. The Morgan fingerprint density at radius 2 is 1.79 bits per heavy atom. The van der Waals surface area contributed by atoms with Crippen LogP contribution in [0.25, 0.3) is 0 Å². The summed E-state index contributed by atoms with van der Waals surface area (Å²) in [4.78, 5) is 0. The van der Waals surface area contributed by atoms with Crippen molar-refractivity contribution in [3.05, 3.63) is 6.92 Å². The summed E-state index contributed by atoms with van der Waals surface area (Å²) in [6.45, 7) is 9.09. The van der Waals surface area contributed by atoms with Gasteiger partial charge < -0.3 is 9.84 Å². The maximum atomic E-state index is 8.82. The van der Waals surface area contributed by atoms with Gasteiger partial charge in [-0.3, -0.25) is 0 Å². The highest BCUT2D eigenvalue weighted by atomic mass is 16.5. The molecule has 85 valence electrons. The average molecular weight is 201 g/mol. The molecule has 1 unspecified atom stereocenters. The molecule has 0 saturated carbocycles. The summed E-state index contributed by atoms with van der Waals surface area (Å²) >= 11 is 0. The predicted molar refractivity (Wildman–Crippen MR) is 60.1 cm³/mol. The Kier molecular flexibility index (Phi) is 9.42. The third-order valence-corrected chi connectivity index (χ3v) is 2.13. The molecular formula is C12H25O2. The molecule has 0 aromatic heterocycles. The van der Waals surface area contributed by atoms with E-state index in [4.69, 9.17) is 9.84 Å². The first-order valence-electron chi connectivity index (χ1n) is 5.71. The summed E-state index contributed by atoms with van der Waals surface area (Å²) < 4.78 is 5.21. The van der Waals surface area contributed by atoms with Crippen LogP contribution in [0.2, 0.25) is 0 Å². The zero-order chi connectivity index (χ0) is 10.8. The number of hydrogen-bond donors (Lipinski definition) is 1. The summed E-state index contributed by atoms with van der Waals surface area (Å²) in [6.07, 6.45) is 5.73.